The molecular formula is C16H12ClNO. The average Bonchev–Trinajstić information content (AvgIpc) is 2.42. The molecule has 0 aliphatic carbocycles. The van der Waals surface area contributed by atoms with Gasteiger partial charge in [0, 0.05) is 10.6 Å². The van der Waals surface area contributed by atoms with Crippen molar-refractivity contribution in [2.45, 2.75) is 6.92 Å². The summed E-state index contributed by atoms with van der Waals surface area (Å²) in [6.45, 7) is 1.97. The van der Waals surface area contributed by atoms with Gasteiger partial charge < -0.3 is 5.11 Å². The molecule has 0 radical (unpaired) electrons. The third-order valence-electron chi connectivity index (χ3n) is 2.81. The van der Waals surface area contributed by atoms with Crippen molar-refractivity contribution in [1.82, 2.24) is 0 Å². The fourth-order valence-corrected chi connectivity index (χ4v) is 1.85. The Morgan fingerprint density at radius 2 is 1.53 bits per heavy atom. The van der Waals surface area contributed by atoms with E-state index in [-0.39, 0.29) is 11.3 Å². The lowest BCUT2D eigenvalue weighted by Crippen LogP contribution is -1.90. The molecule has 19 heavy (non-hydrogen) atoms. The number of rotatable bonds is 2. The number of aryl methyl sites for hydroxylation is 1. The molecule has 0 amide bonds. The fraction of sp³-hybridized carbons (Fsp3) is 0.0625. The van der Waals surface area contributed by atoms with Gasteiger partial charge in [0.05, 0.1) is 0 Å². The van der Waals surface area contributed by atoms with E-state index in [1.807, 2.05) is 37.3 Å². The van der Waals surface area contributed by atoms with E-state index in [1.165, 1.54) is 0 Å². The van der Waals surface area contributed by atoms with Crippen LogP contribution in [0.3, 0.4) is 0 Å². The van der Waals surface area contributed by atoms with E-state index in [1.54, 1.807) is 24.3 Å². The Labute approximate surface area is 117 Å². The van der Waals surface area contributed by atoms with Gasteiger partial charge in [-0.15, -0.1) is 0 Å². The summed E-state index contributed by atoms with van der Waals surface area (Å²) in [6, 6.07) is 16.2. The molecule has 0 atom stereocenters. The molecule has 2 aromatic rings. The van der Waals surface area contributed by atoms with Gasteiger partial charge in [0.1, 0.15) is 17.4 Å². The normalized spacial score (nSPS) is 11.6. The molecule has 0 bridgehead atoms. The van der Waals surface area contributed by atoms with Crippen molar-refractivity contribution in [2.75, 3.05) is 0 Å². The van der Waals surface area contributed by atoms with Crippen LogP contribution in [0.25, 0.3) is 11.3 Å². The summed E-state index contributed by atoms with van der Waals surface area (Å²) in [5.41, 5.74) is 2.62. The number of aliphatic hydroxyl groups is 1. The summed E-state index contributed by atoms with van der Waals surface area (Å²) in [6.07, 6.45) is 0. The summed E-state index contributed by atoms with van der Waals surface area (Å²) in [5, 5.41) is 20.0. The highest BCUT2D eigenvalue weighted by atomic mass is 35.5. The summed E-state index contributed by atoms with van der Waals surface area (Å²) in [7, 11) is 0. The van der Waals surface area contributed by atoms with Crippen molar-refractivity contribution in [2.24, 2.45) is 0 Å². The van der Waals surface area contributed by atoms with E-state index in [4.69, 9.17) is 11.6 Å². The van der Waals surface area contributed by atoms with Crippen molar-refractivity contribution >= 4 is 22.9 Å². The van der Waals surface area contributed by atoms with Gasteiger partial charge in [-0.25, -0.2) is 0 Å². The third kappa shape index (κ3) is 2.96. The fourth-order valence-electron chi connectivity index (χ4n) is 1.73. The van der Waals surface area contributed by atoms with Crippen LogP contribution in [0.15, 0.2) is 48.5 Å². The smallest absolute Gasteiger partial charge is 0.141 e. The van der Waals surface area contributed by atoms with Crippen LogP contribution in [-0.2, 0) is 0 Å². The SMILES string of the molecule is Cc1ccc(/C(C#N)=C(/O)c2ccc(Cl)cc2)cc1. The van der Waals surface area contributed by atoms with Crippen molar-refractivity contribution in [3.8, 4) is 6.07 Å². The minimum Gasteiger partial charge on any atom is -0.506 e. The lowest BCUT2D eigenvalue weighted by atomic mass is 10.0. The quantitative estimate of drug-likeness (QED) is 0.492. The number of nitriles is 1. The molecule has 0 spiro atoms. The summed E-state index contributed by atoms with van der Waals surface area (Å²) in [4.78, 5) is 0. The highest BCUT2D eigenvalue weighted by molar-refractivity contribution is 6.30. The van der Waals surface area contributed by atoms with Crippen molar-refractivity contribution in [3.05, 3.63) is 70.2 Å². The Kier molecular flexibility index (Phi) is 3.89. The number of allylic oxidation sites excluding steroid dienone is 1. The highest BCUT2D eigenvalue weighted by Crippen LogP contribution is 2.25. The molecule has 0 aromatic heterocycles. The van der Waals surface area contributed by atoms with Gasteiger partial charge in [-0.2, -0.15) is 5.26 Å². The number of halogens is 1. The number of benzene rings is 2. The van der Waals surface area contributed by atoms with Gasteiger partial charge in [-0.3, -0.25) is 0 Å². The molecule has 2 rings (SSSR count). The van der Waals surface area contributed by atoms with Crippen LogP contribution in [0.4, 0.5) is 0 Å². The summed E-state index contributed by atoms with van der Waals surface area (Å²) in [5.74, 6) is -0.0389. The molecule has 0 fully saturated rings. The molecule has 0 unspecified atom stereocenters. The second-order valence-corrected chi connectivity index (χ2v) is 4.64. The molecule has 0 aliphatic heterocycles. The third-order valence-corrected chi connectivity index (χ3v) is 3.06. The van der Waals surface area contributed by atoms with Gasteiger partial charge in [-0.05, 0) is 36.8 Å². The molecule has 2 nitrogen and oxygen atoms in total. The van der Waals surface area contributed by atoms with Crippen LogP contribution in [0.5, 0.6) is 0 Å². The first kappa shape index (κ1) is 13.2. The molecule has 3 heteroatoms. The second-order valence-electron chi connectivity index (χ2n) is 4.21. The zero-order chi connectivity index (χ0) is 13.8. The highest BCUT2D eigenvalue weighted by Gasteiger charge is 2.10. The van der Waals surface area contributed by atoms with Crippen LogP contribution in [0, 0.1) is 18.3 Å². The van der Waals surface area contributed by atoms with Gasteiger partial charge >= 0.3 is 0 Å². The molecule has 0 saturated carbocycles. The first-order valence-electron chi connectivity index (χ1n) is 5.78. The van der Waals surface area contributed by atoms with Crippen LogP contribution >= 0.6 is 11.6 Å². The van der Waals surface area contributed by atoms with E-state index in [2.05, 4.69) is 0 Å². The average molecular weight is 270 g/mol. The van der Waals surface area contributed by atoms with Crippen molar-refractivity contribution in [1.29, 1.82) is 5.26 Å². The van der Waals surface area contributed by atoms with Crippen molar-refractivity contribution in [3.63, 3.8) is 0 Å². The van der Waals surface area contributed by atoms with E-state index in [0.29, 0.717) is 16.1 Å². The minimum absolute atomic E-state index is 0.0389. The minimum atomic E-state index is -0.0389. The Bertz CT molecular complexity index is 649. The molecule has 1 N–H and O–H groups in total. The first-order chi connectivity index (χ1) is 9.11. The van der Waals surface area contributed by atoms with Crippen molar-refractivity contribution < 1.29 is 5.11 Å². The van der Waals surface area contributed by atoms with Crippen LogP contribution in [-0.4, -0.2) is 5.11 Å². The Balaban J connectivity index is 2.50. The molecule has 94 valence electrons. The molecule has 2 aromatic carbocycles. The largest absolute Gasteiger partial charge is 0.506 e. The van der Waals surface area contributed by atoms with Crippen LogP contribution in [0.2, 0.25) is 5.02 Å². The number of hydrogen-bond donors (Lipinski definition) is 1. The summed E-state index contributed by atoms with van der Waals surface area (Å²) < 4.78 is 0. The monoisotopic (exact) mass is 269 g/mol. The maximum Gasteiger partial charge on any atom is 0.141 e. The lowest BCUT2D eigenvalue weighted by Gasteiger charge is -2.05. The number of hydrogen-bond acceptors (Lipinski definition) is 2. The van der Waals surface area contributed by atoms with Gasteiger partial charge in [-0.1, -0.05) is 41.4 Å². The predicted molar refractivity (Wildman–Crippen MR) is 77.7 cm³/mol. The predicted octanol–water partition coefficient (Wildman–Crippen LogP) is 4.60. The second kappa shape index (κ2) is 5.60. The van der Waals surface area contributed by atoms with Gasteiger partial charge in [0.25, 0.3) is 0 Å². The van der Waals surface area contributed by atoms with Gasteiger partial charge in [0.15, 0.2) is 0 Å². The number of nitrogens with zero attached hydrogens (tertiary/aromatic N) is 1. The van der Waals surface area contributed by atoms with E-state index >= 15 is 0 Å². The van der Waals surface area contributed by atoms with E-state index in [9.17, 15) is 10.4 Å². The molecule has 0 saturated heterocycles. The maximum absolute atomic E-state index is 10.2. The van der Waals surface area contributed by atoms with Crippen LogP contribution < -0.4 is 0 Å². The Hall–Kier alpha value is -2.24. The zero-order valence-corrected chi connectivity index (χ0v) is 11.1. The zero-order valence-electron chi connectivity index (χ0n) is 10.4. The maximum atomic E-state index is 10.2. The Morgan fingerprint density at radius 3 is 2.05 bits per heavy atom. The van der Waals surface area contributed by atoms with E-state index in [0.717, 1.165) is 5.56 Å². The lowest BCUT2D eigenvalue weighted by molar-refractivity contribution is 0.514. The summed E-state index contributed by atoms with van der Waals surface area (Å²) >= 11 is 5.80. The molecule has 0 aliphatic rings. The van der Waals surface area contributed by atoms with Gasteiger partial charge in [0.2, 0.25) is 0 Å². The Morgan fingerprint density at radius 1 is 1.00 bits per heavy atom. The molecule has 0 heterocycles. The topological polar surface area (TPSA) is 44.0 Å². The van der Waals surface area contributed by atoms with E-state index < -0.39 is 0 Å². The number of aliphatic hydroxyl groups excluding tert-OH is 1. The first-order valence-corrected chi connectivity index (χ1v) is 6.16. The molecular weight excluding hydrogens is 258 g/mol. The van der Waals surface area contributed by atoms with Crippen LogP contribution in [0.1, 0.15) is 16.7 Å². The standard InChI is InChI=1S/C16H12ClNO/c1-11-2-4-12(5-3-11)15(10-18)16(19)13-6-8-14(17)9-7-13/h2-9,19H,1H3/b16-15+.